The van der Waals surface area contributed by atoms with Gasteiger partial charge in [-0.05, 0) is 18.1 Å². The number of nitrogens with zero attached hydrogens (tertiary/aromatic N) is 1. The van der Waals surface area contributed by atoms with E-state index in [1.54, 1.807) is 24.6 Å². The lowest BCUT2D eigenvalue weighted by Gasteiger charge is -2.16. The predicted octanol–water partition coefficient (Wildman–Crippen LogP) is 0.495. The van der Waals surface area contributed by atoms with Crippen molar-refractivity contribution in [3.63, 3.8) is 0 Å². The molecule has 1 heterocycles. The summed E-state index contributed by atoms with van der Waals surface area (Å²) in [6, 6.07) is 0. The SMILES string of the molecule is CC(CC(=O)O)[S+]([O-])C1=CNN(C)S1. The fourth-order valence-corrected chi connectivity index (χ4v) is 3.41. The van der Waals surface area contributed by atoms with Gasteiger partial charge in [0, 0.05) is 19.0 Å². The van der Waals surface area contributed by atoms with Crippen LogP contribution in [-0.2, 0) is 16.0 Å². The van der Waals surface area contributed by atoms with Gasteiger partial charge in [-0.25, -0.2) is 0 Å². The highest BCUT2D eigenvalue weighted by molar-refractivity contribution is 8.17. The number of hydrazine groups is 1. The average molecular weight is 236 g/mol. The van der Waals surface area contributed by atoms with Gasteiger partial charge < -0.3 is 15.1 Å². The maximum atomic E-state index is 11.7. The number of nitrogens with one attached hydrogen (secondary N) is 1. The van der Waals surface area contributed by atoms with Crippen LogP contribution >= 0.6 is 11.9 Å². The molecule has 2 atom stereocenters. The standard InChI is InChI=1S/C7H12N2O3S2/c1-5(3-6(10)11)14(12)7-4-8-9(2)13-7/h4-5,8H,3H2,1-2H3,(H,10,11). The third kappa shape index (κ3) is 3.09. The Morgan fingerprint density at radius 2 is 2.57 bits per heavy atom. The zero-order valence-electron chi connectivity index (χ0n) is 7.89. The molecule has 2 N–H and O–H groups in total. The van der Waals surface area contributed by atoms with E-state index in [-0.39, 0.29) is 11.7 Å². The van der Waals surface area contributed by atoms with E-state index in [1.807, 2.05) is 0 Å². The summed E-state index contributed by atoms with van der Waals surface area (Å²) in [7, 11) is 1.80. The van der Waals surface area contributed by atoms with E-state index in [2.05, 4.69) is 5.43 Å². The van der Waals surface area contributed by atoms with Crippen LogP contribution in [0.1, 0.15) is 13.3 Å². The summed E-state index contributed by atoms with van der Waals surface area (Å²) in [6.07, 6.45) is 1.56. The molecule has 1 aliphatic heterocycles. The van der Waals surface area contributed by atoms with Crippen LogP contribution in [0.4, 0.5) is 0 Å². The third-order valence-corrected chi connectivity index (χ3v) is 4.42. The first kappa shape index (κ1) is 11.7. The van der Waals surface area contributed by atoms with Crippen molar-refractivity contribution in [2.24, 2.45) is 0 Å². The normalized spacial score (nSPS) is 21.2. The van der Waals surface area contributed by atoms with Gasteiger partial charge in [-0.2, -0.15) is 4.41 Å². The molecule has 0 spiro atoms. The number of hydrogen-bond donors (Lipinski definition) is 2. The van der Waals surface area contributed by atoms with Crippen molar-refractivity contribution in [3.8, 4) is 0 Å². The summed E-state index contributed by atoms with van der Waals surface area (Å²) < 4.78 is 14.1. The molecule has 0 amide bonds. The van der Waals surface area contributed by atoms with Gasteiger partial charge in [0.1, 0.15) is 5.25 Å². The van der Waals surface area contributed by atoms with Crippen LogP contribution < -0.4 is 5.43 Å². The Balaban J connectivity index is 2.48. The van der Waals surface area contributed by atoms with Gasteiger partial charge in [0.15, 0.2) is 0 Å². The Morgan fingerprint density at radius 1 is 1.93 bits per heavy atom. The Kier molecular flexibility index (Phi) is 4.11. The first-order valence-corrected chi connectivity index (χ1v) is 5.99. The molecule has 0 aromatic carbocycles. The number of carboxylic acid groups (broad SMARTS) is 1. The molecule has 0 fully saturated rings. The molecule has 0 aliphatic carbocycles. The molecular formula is C7H12N2O3S2. The number of carbonyl (C=O) groups is 1. The van der Waals surface area contributed by atoms with Gasteiger partial charge in [0.25, 0.3) is 0 Å². The number of carboxylic acids is 1. The van der Waals surface area contributed by atoms with Gasteiger partial charge in [-0.15, -0.1) is 0 Å². The summed E-state index contributed by atoms with van der Waals surface area (Å²) >= 11 is 0.0770. The van der Waals surface area contributed by atoms with Crippen LogP contribution in [-0.4, -0.2) is 32.3 Å². The molecule has 5 nitrogen and oxygen atoms in total. The minimum absolute atomic E-state index is 0.0752. The fraction of sp³-hybridized carbons (Fsp3) is 0.571. The van der Waals surface area contributed by atoms with Crippen LogP contribution in [0.5, 0.6) is 0 Å². The van der Waals surface area contributed by atoms with E-state index in [0.29, 0.717) is 4.24 Å². The molecule has 0 bridgehead atoms. The highest BCUT2D eigenvalue weighted by Gasteiger charge is 2.29. The van der Waals surface area contributed by atoms with Crippen molar-refractivity contribution in [1.29, 1.82) is 0 Å². The van der Waals surface area contributed by atoms with Crippen LogP contribution in [0.25, 0.3) is 0 Å². The first-order chi connectivity index (χ1) is 6.50. The number of rotatable bonds is 4. The van der Waals surface area contributed by atoms with Crippen LogP contribution in [0, 0.1) is 0 Å². The van der Waals surface area contributed by atoms with Gasteiger partial charge in [0.05, 0.1) is 12.6 Å². The summed E-state index contributed by atoms with van der Waals surface area (Å²) in [6.45, 7) is 1.67. The highest BCUT2D eigenvalue weighted by Crippen LogP contribution is 2.31. The molecule has 1 rings (SSSR count). The van der Waals surface area contributed by atoms with Crippen molar-refractivity contribution in [2.75, 3.05) is 7.05 Å². The number of hydrogen-bond acceptors (Lipinski definition) is 5. The summed E-state index contributed by atoms with van der Waals surface area (Å²) in [5.74, 6) is -0.921. The Hall–Kier alpha value is -0.370. The van der Waals surface area contributed by atoms with Crippen molar-refractivity contribution < 1.29 is 14.5 Å². The summed E-state index contributed by atoms with van der Waals surface area (Å²) in [4.78, 5) is 10.4. The zero-order valence-corrected chi connectivity index (χ0v) is 9.52. The molecule has 0 aromatic heterocycles. The lowest BCUT2D eigenvalue weighted by Crippen LogP contribution is -2.21. The summed E-state index contributed by atoms with van der Waals surface area (Å²) in [5.41, 5.74) is 2.85. The van der Waals surface area contributed by atoms with Gasteiger partial charge in [-0.1, -0.05) is 0 Å². The predicted molar refractivity (Wildman–Crippen MR) is 56.4 cm³/mol. The second-order valence-electron chi connectivity index (χ2n) is 2.89. The molecule has 1 aliphatic rings. The van der Waals surface area contributed by atoms with Crippen LogP contribution in [0.15, 0.2) is 10.4 Å². The Morgan fingerprint density at radius 3 is 3.00 bits per heavy atom. The minimum atomic E-state index is -1.24. The lowest BCUT2D eigenvalue weighted by atomic mass is 10.3. The summed E-state index contributed by atoms with van der Waals surface area (Å²) in [5, 5.41) is 8.18. The molecular weight excluding hydrogens is 224 g/mol. The molecule has 0 saturated carbocycles. The van der Waals surface area contributed by atoms with E-state index < -0.39 is 17.1 Å². The molecule has 80 valence electrons. The van der Waals surface area contributed by atoms with Gasteiger partial charge in [-0.3, -0.25) is 4.79 Å². The van der Waals surface area contributed by atoms with Crippen LogP contribution in [0.2, 0.25) is 0 Å². The van der Waals surface area contributed by atoms with Crippen molar-refractivity contribution in [2.45, 2.75) is 18.6 Å². The maximum absolute atomic E-state index is 11.7. The van der Waals surface area contributed by atoms with Crippen molar-refractivity contribution in [3.05, 3.63) is 10.4 Å². The molecule has 0 saturated heterocycles. The number of aliphatic carboxylic acids is 1. The Bertz CT molecular complexity index is 259. The lowest BCUT2D eigenvalue weighted by molar-refractivity contribution is -0.136. The third-order valence-electron chi connectivity index (χ3n) is 1.62. The van der Waals surface area contributed by atoms with Gasteiger partial charge in [0.2, 0.25) is 4.24 Å². The molecule has 0 aromatic rings. The van der Waals surface area contributed by atoms with E-state index in [1.165, 1.54) is 11.9 Å². The molecule has 0 radical (unpaired) electrons. The zero-order chi connectivity index (χ0) is 10.7. The van der Waals surface area contributed by atoms with Crippen molar-refractivity contribution >= 4 is 29.1 Å². The van der Waals surface area contributed by atoms with Gasteiger partial charge >= 0.3 is 5.97 Å². The molecule has 2 unspecified atom stereocenters. The van der Waals surface area contributed by atoms with Crippen LogP contribution in [0.3, 0.4) is 0 Å². The smallest absolute Gasteiger partial charge is 0.308 e. The molecule has 14 heavy (non-hydrogen) atoms. The highest BCUT2D eigenvalue weighted by atomic mass is 32.3. The second kappa shape index (κ2) is 4.92. The fourth-order valence-electron chi connectivity index (χ4n) is 0.946. The monoisotopic (exact) mass is 236 g/mol. The first-order valence-electron chi connectivity index (χ1n) is 4.01. The van der Waals surface area contributed by atoms with E-state index in [0.717, 1.165) is 0 Å². The minimum Gasteiger partial charge on any atom is -0.611 e. The van der Waals surface area contributed by atoms with E-state index in [4.69, 9.17) is 5.11 Å². The maximum Gasteiger partial charge on any atom is 0.308 e. The average Bonchev–Trinajstić information content (AvgIpc) is 2.49. The largest absolute Gasteiger partial charge is 0.611 e. The van der Waals surface area contributed by atoms with Crippen molar-refractivity contribution in [1.82, 2.24) is 9.84 Å². The quantitative estimate of drug-likeness (QED) is 0.547. The topological polar surface area (TPSA) is 75.6 Å². The second-order valence-corrected chi connectivity index (χ2v) is 6.16. The van der Waals surface area contributed by atoms with E-state index >= 15 is 0 Å². The molecule has 7 heteroatoms. The van der Waals surface area contributed by atoms with E-state index in [9.17, 15) is 9.35 Å². The Labute approximate surface area is 89.8 Å².